The summed E-state index contributed by atoms with van der Waals surface area (Å²) in [7, 11) is 0. The fraction of sp³-hybridized carbons (Fsp3) is 0.429. The van der Waals surface area contributed by atoms with Crippen LogP contribution >= 0.6 is 0 Å². The van der Waals surface area contributed by atoms with Crippen molar-refractivity contribution < 1.29 is 9.52 Å². The van der Waals surface area contributed by atoms with Gasteiger partial charge in [0.25, 0.3) is 0 Å². The second-order valence-electron chi connectivity index (χ2n) is 1.88. The first-order valence-electron chi connectivity index (χ1n) is 3.04. The van der Waals surface area contributed by atoms with Gasteiger partial charge in [0.2, 0.25) is 0 Å². The molecule has 0 spiro atoms. The van der Waals surface area contributed by atoms with Crippen molar-refractivity contribution in [3.8, 4) is 0 Å². The van der Waals surface area contributed by atoms with E-state index in [1.807, 2.05) is 6.92 Å². The van der Waals surface area contributed by atoms with Crippen LogP contribution in [0.5, 0.6) is 0 Å². The van der Waals surface area contributed by atoms with Gasteiger partial charge in [-0.15, -0.1) is 0 Å². The molecule has 1 aromatic rings. The van der Waals surface area contributed by atoms with Crippen molar-refractivity contribution in [2.45, 2.75) is 20.0 Å². The van der Waals surface area contributed by atoms with Gasteiger partial charge in [-0.3, -0.25) is 0 Å². The van der Waals surface area contributed by atoms with Gasteiger partial charge in [-0.2, -0.15) is 0 Å². The van der Waals surface area contributed by atoms with Crippen molar-refractivity contribution in [2.75, 3.05) is 0 Å². The predicted molar refractivity (Wildman–Crippen MR) is 34.0 cm³/mol. The molecule has 0 bridgehead atoms. The molecule has 0 radical (unpaired) electrons. The molecule has 0 saturated heterocycles. The molecule has 0 aliphatic rings. The van der Waals surface area contributed by atoms with Crippen LogP contribution in [0.2, 0.25) is 0 Å². The van der Waals surface area contributed by atoms with Gasteiger partial charge in [0.15, 0.2) is 0 Å². The summed E-state index contributed by atoms with van der Waals surface area (Å²) in [4.78, 5) is 0. The third kappa shape index (κ3) is 1.13. The minimum Gasteiger partial charge on any atom is -0.469 e. The summed E-state index contributed by atoms with van der Waals surface area (Å²) in [5.41, 5.74) is 0.900. The van der Waals surface area contributed by atoms with E-state index < -0.39 is 0 Å². The molecule has 2 nitrogen and oxygen atoms in total. The van der Waals surface area contributed by atoms with E-state index >= 15 is 0 Å². The molecule has 0 amide bonds. The third-order valence-corrected chi connectivity index (χ3v) is 1.33. The highest BCUT2D eigenvalue weighted by atomic mass is 16.3. The average molecular weight is 126 g/mol. The molecule has 0 fully saturated rings. The van der Waals surface area contributed by atoms with Crippen LogP contribution in [-0.2, 0) is 13.0 Å². The average Bonchev–Trinajstić information content (AvgIpc) is 2.33. The van der Waals surface area contributed by atoms with E-state index in [4.69, 9.17) is 9.52 Å². The molecule has 0 aliphatic heterocycles. The number of aryl methyl sites for hydroxylation is 1. The largest absolute Gasteiger partial charge is 0.469 e. The Labute approximate surface area is 54.1 Å². The van der Waals surface area contributed by atoms with Crippen LogP contribution in [0.3, 0.4) is 0 Å². The van der Waals surface area contributed by atoms with Gasteiger partial charge in [0.1, 0.15) is 5.76 Å². The second kappa shape index (κ2) is 2.69. The van der Waals surface area contributed by atoms with Crippen molar-refractivity contribution in [1.29, 1.82) is 0 Å². The number of aliphatic hydroxyl groups excluding tert-OH is 1. The summed E-state index contributed by atoms with van der Waals surface area (Å²) in [5, 5.41) is 8.68. The van der Waals surface area contributed by atoms with Gasteiger partial charge >= 0.3 is 0 Å². The summed E-state index contributed by atoms with van der Waals surface area (Å²) < 4.78 is 5.04. The van der Waals surface area contributed by atoms with Crippen molar-refractivity contribution in [3.05, 3.63) is 23.7 Å². The topological polar surface area (TPSA) is 33.4 Å². The Morgan fingerprint density at radius 1 is 1.67 bits per heavy atom. The zero-order chi connectivity index (χ0) is 6.69. The second-order valence-corrected chi connectivity index (χ2v) is 1.88. The molecule has 1 N–H and O–H groups in total. The fourth-order valence-electron chi connectivity index (χ4n) is 0.818. The smallest absolute Gasteiger partial charge is 0.108 e. The SMILES string of the molecule is CCc1occc1CO. The van der Waals surface area contributed by atoms with E-state index in [9.17, 15) is 0 Å². The summed E-state index contributed by atoms with van der Waals surface area (Å²) in [6.45, 7) is 2.08. The van der Waals surface area contributed by atoms with Crippen molar-refractivity contribution in [3.63, 3.8) is 0 Å². The highest BCUT2D eigenvalue weighted by molar-refractivity contribution is 5.15. The number of furan rings is 1. The standard InChI is InChI=1S/C7H10O2/c1-2-7-6(5-8)3-4-9-7/h3-4,8H,2,5H2,1H3. The Hall–Kier alpha value is -0.760. The first-order valence-corrected chi connectivity index (χ1v) is 3.04. The number of aliphatic hydroxyl groups is 1. The molecule has 9 heavy (non-hydrogen) atoms. The van der Waals surface area contributed by atoms with E-state index in [-0.39, 0.29) is 6.61 Å². The number of hydrogen-bond donors (Lipinski definition) is 1. The molecule has 1 rings (SSSR count). The van der Waals surface area contributed by atoms with Gasteiger partial charge in [-0.05, 0) is 6.07 Å². The van der Waals surface area contributed by atoms with Gasteiger partial charge in [-0.1, -0.05) is 6.92 Å². The lowest BCUT2D eigenvalue weighted by molar-refractivity contribution is 0.278. The lowest BCUT2D eigenvalue weighted by Crippen LogP contribution is -1.84. The van der Waals surface area contributed by atoms with Gasteiger partial charge < -0.3 is 9.52 Å². The highest BCUT2D eigenvalue weighted by Gasteiger charge is 1.99. The maximum Gasteiger partial charge on any atom is 0.108 e. The summed E-state index contributed by atoms with van der Waals surface area (Å²) in [6.07, 6.45) is 2.45. The molecule has 0 aromatic carbocycles. The quantitative estimate of drug-likeness (QED) is 0.648. The van der Waals surface area contributed by atoms with Crippen LogP contribution in [0.15, 0.2) is 16.7 Å². The Balaban J connectivity index is 2.85. The Morgan fingerprint density at radius 3 is 2.89 bits per heavy atom. The highest BCUT2D eigenvalue weighted by Crippen LogP contribution is 2.09. The van der Waals surface area contributed by atoms with Gasteiger partial charge in [0.05, 0.1) is 12.9 Å². The molecular weight excluding hydrogens is 116 g/mol. The van der Waals surface area contributed by atoms with E-state index in [1.54, 1.807) is 12.3 Å². The molecule has 2 heteroatoms. The monoisotopic (exact) mass is 126 g/mol. The van der Waals surface area contributed by atoms with E-state index in [0.29, 0.717) is 0 Å². The van der Waals surface area contributed by atoms with Gasteiger partial charge in [-0.25, -0.2) is 0 Å². The Morgan fingerprint density at radius 2 is 2.44 bits per heavy atom. The Kier molecular flexibility index (Phi) is 1.90. The van der Waals surface area contributed by atoms with E-state index in [0.717, 1.165) is 17.7 Å². The molecule has 1 heterocycles. The zero-order valence-electron chi connectivity index (χ0n) is 5.42. The van der Waals surface area contributed by atoms with Crippen molar-refractivity contribution >= 4 is 0 Å². The first kappa shape index (κ1) is 6.36. The van der Waals surface area contributed by atoms with Crippen LogP contribution in [0.1, 0.15) is 18.2 Å². The summed E-state index contributed by atoms with van der Waals surface area (Å²) >= 11 is 0. The molecule has 0 saturated carbocycles. The molecule has 50 valence electrons. The van der Waals surface area contributed by atoms with Crippen molar-refractivity contribution in [2.24, 2.45) is 0 Å². The lowest BCUT2D eigenvalue weighted by atomic mass is 10.2. The zero-order valence-corrected chi connectivity index (χ0v) is 5.42. The lowest BCUT2D eigenvalue weighted by Gasteiger charge is -1.91. The summed E-state index contributed by atoms with van der Waals surface area (Å²) in [6, 6.07) is 1.79. The normalized spacial score (nSPS) is 10.0. The van der Waals surface area contributed by atoms with Gasteiger partial charge in [0, 0.05) is 12.0 Å². The summed E-state index contributed by atoms with van der Waals surface area (Å²) in [5.74, 6) is 0.887. The van der Waals surface area contributed by atoms with Crippen LogP contribution in [0.25, 0.3) is 0 Å². The van der Waals surface area contributed by atoms with Crippen LogP contribution in [0, 0.1) is 0 Å². The van der Waals surface area contributed by atoms with Crippen LogP contribution in [0.4, 0.5) is 0 Å². The first-order chi connectivity index (χ1) is 4.38. The molecule has 0 atom stereocenters. The van der Waals surface area contributed by atoms with Crippen molar-refractivity contribution in [1.82, 2.24) is 0 Å². The minimum atomic E-state index is 0.0830. The third-order valence-electron chi connectivity index (χ3n) is 1.33. The minimum absolute atomic E-state index is 0.0830. The maximum atomic E-state index is 8.68. The number of rotatable bonds is 2. The molecular formula is C7H10O2. The van der Waals surface area contributed by atoms with E-state index in [1.165, 1.54) is 0 Å². The predicted octanol–water partition coefficient (Wildman–Crippen LogP) is 1.33. The molecule has 1 aromatic heterocycles. The Bertz CT molecular complexity index is 160. The maximum absolute atomic E-state index is 8.68. The van der Waals surface area contributed by atoms with E-state index in [2.05, 4.69) is 0 Å². The molecule has 0 unspecified atom stereocenters. The fourth-order valence-corrected chi connectivity index (χ4v) is 0.818. The molecule has 0 aliphatic carbocycles. The number of hydrogen-bond acceptors (Lipinski definition) is 2. The van der Waals surface area contributed by atoms with Crippen LogP contribution < -0.4 is 0 Å². The van der Waals surface area contributed by atoms with Crippen LogP contribution in [-0.4, -0.2) is 5.11 Å².